The topological polar surface area (TPSA) is 52.6 Å². The van der Waals surface area contributed by atoms with Crippen LogP contribution in [0.3, 0.4) is 0 Å². The zero-order chi connectivity index (χ0) is 15.9. The zero-order valence-corrected chi connectivity index (χ0v) is 12.0. The number of carbonyl (C=O) groups is 2. The molecular formula is C17H15FO4. The minimum Gasteiger partial charge on any atom is -0.466 e. The van der Waals surface area contributed by atoms with Crippen LogP contribution in [0.15, 0.2) is 42.5 Å². The molecular weight excluding hydrogens is 287 g/mol. The Bertz CT molecular complexity index is 682. The van der Waals surface area contributed by atoms with Gasteiger partial charge in [-0.15, -0.1) is 0 Å². The fraction of sp³-hybridized carbons (Fsp3) is 0.176. The number of halogens is 1. The molecule has 0 aliphatic rings. The summed E-state index contributed by atoms with van der Waals surface area (Å²) in [5.41, 5.74) is 0.849. The Labute approximate surface area is 127 Å². The van der Waals surface area contributed by atoms with Gasteiger partial charge in [-0.25, -0.2) is 4.39 Å². The lowest BCUT2D eigenvalue weighted by Crippen LogP contribution is -2.07. The van der Waals surface area contributed by atoms with Crippen molar-refractivity contribution >= 4 is 12.3 Å². The van der Waals surface area contributed by atoms with Gasteiger partial charge in [0.1, 0.15) is 17.3 Å². The van der Waals surface area contributed by atoms with Gasteiger partial charge in [0.05, 0.1) is 18.6 Å². The molecule has 0 aliphatic carbocycles. The van der Waals surface area contributed by atoms with Crippen molar-refractivity contribution < 1.29 is 23.5 Å². The van der Waals surface area contributed by atoms with Crippen LogP contribution in [0.2, 0.25) is 0 Å². The lowest BCUT2D eigenvalue weighted by Gasteiger charge is -2.09. The lowest BCUT2D eigenvalue weighted by molar-refractivity contribution is -0.142. The number of benzene rings is 2. The normalized spacial score (nSPS) is 10.1. The van der Waals surface area contributed by atoms with Gasteiger partial charge >= 0.3 is 5.97 Å². The molecule has 0 radical (unpaired) electrons. The van der Waals surface area contributed by atoms with E-state index in [1.165, 1.54) is 12.1 Å². The molecule has 4 nitrogen and oxygen atoms in total. The maximum atomic E-state index is 13.1. The fourth-order valence-corrected chi connectivity index (χ4v) is 1.93. The molecule has 0 saturated carbocycles. The van der Waals surface area contributed by atoms with Crippen LogP contribution in [-0.2, 0) is 16.0 Å². The number of hydrogen-bond donors (Lipinski definition) is 0. The van der Waals surface area contributed by atoms with E-state index < -0.39 is 5.82 Å². The third-order valence-electron chi connectivity index (χ3n) is 2.88. The van der Waals surface area contributed by atoms with Crippen molar-refractivity contribution in [1.29, 1.82) is 0 Å². The zero-order valence-electron chi connectivity index (χ0n) is 12.0. The Morgan fingerprint density at radius 1 is 1.23 bits per heavy atom. The van der Waals surface area contributed by atoms with Crippen LogP contribution in [0, 0.1) is 5.82 Å². The minimum absolute atomic E-state index is 0.121. The van der Waals surface area contributed by atoms with E-state index in [4.69, 9.17) is 9.47 Å². The Morgan fingerprint density at radius 3 is 2.77 bits per heavy atom. The second kappa shape index (κ2) is 7.36. The van der Waals surface area contributed by atoms with Crippen molar-refractivity contribution in [3.63, 3.8) is 0 Å². The fourth-order valence-electron chi connectivity index (χ4n) is 1.93. The van der Waals surface area contributed by atoms with E-state index in [1.807, 2.05) is 0 Å². The van der Waals surface area contributed by atoms with E-state index in [0.29, 0.717) is 18.6 Å². The highest BCUT2D eigenvalue weighted by atomic mass is 19.1. The summed E-state index contributed by atoms with van der Waals surface area (Å²) in [6, 6.07) is 10.6. The molecule has 0 amide bonds. The monoisotopic (exact) mass is 302 g/mol. The van der Waals surface area contributed by atoms with Gasteiger partial charge in [-0.2, -0.15) is 0 Å². The number of ether oxygens (including phenoxy) is 2. The van der Waals surface area contributed by atoms with Crippen molar-refractivity contribution in [2.24, 2.45) is 0 Å². The second-order valence-electron chi connectivity index (χ2n) is 4.53. The van der Waals surface area contributed by atoms with Gasteiger partial charge < -0.3 is 9.47 Å². The Balaban J connectivity index is 2.17. The first-order valence-electron chi connectivity index (χ1n) is 6.79. The summed E-state index contributed by atoms with van der Waals surface area (Å²) < 4.78 is 23.6. The molecule has 2 aromatic rings. The number of carbonyl (C=O) groups excluding carboxylic acids is 2. The van der Waals surface area contributed by atoms with Gasteiger partial charge in [0.2, 0.25) is 0 Å². The number of hydrogen-bond acceptors (Lipinski definition) is 4. The molecule has 0 bridgehead atoms. The van der Waals surface area contributed by atoms with Crippen LogP contribution in [0.1, 0.15) is 22.8 Å². The van der Waals surface area contributed by atoms with Gasteiger partial charge in [0.25, 0.3) is 0 Å². The SMILES string of the molecule is CCOC(=O)Cc1cccc(Oc2ccc(F)cc2C=O)c1. The summed E-state index contributed by atoms with van der Waals surface area (Å²) >= 11 is 0. The Hall–Kier alpha value is -2.69. The highest BCUT2D eigenvalue weighted by Gasteiger charge is 2.08. The standard InChI is InChI=1S/C17H15FO4/c1-2-21-17(20)9-12-4-3-5-15(8-12)22-16-7-6-14(18)10-13(16)11-19/h3-8,10-11H,2,9H2,1H3. The van der Waals surface area contributed by atoms with Crippen LogP contribution < -0.4 is 4.74 Å². The lowest BCUT2D eigenvalue weighted by atomic mass is 10.1. The second-order valence-corrected chi connectivity index (χ2v) is 4.53. The first kappa shape index (κ1) is 15.7. The van der Waals surface area contributed by atoms with E-state index in [0.717, 1.165) is 11.6 Å². The summed E-state index contributed by atoms with van der Waals surface area (Å²) in [6.45, 7) is 2.07. The molecule has 114 valence electrons. The van der Waals surface area contributed by atoms with Crippen molar-refractivity contribution in [2.45, 2.75) is 13.3 Å². The van der Waals surface area contributed by atoms with Gasteiger partial charge in [-0.05, 0) is 42.8 Å². The summed E-state index contributed by atoms with van der Waals surface area (Å²) in [5.74, 6) is -0.123. The van der Waals surface area contributed by atoms with E-state index in [9.17, 15) is 14.0 Å². The molecule has 0 aliphatic heterocycles. The third kappa shape index (κ3) is 4.15. The van der Waals surface area contributed by atoms with Gasteiger partial charge in [0.15, 0.2) is 6.29 Å². The van der Waals surface area contributed by atoms with Crippen LogP contribution in [0.25, 0.3) is 0 Å². The van der Waals surface area contributed by atoms with Crippen molar-refractivity contribution in [3.8, 4) is 11.5 Å². The molecule has 0 aromatic heterocycles. The highest BCUT2D eigenvalue weighted by molar-refractivity contribution is 5.79. The van der Waals surface area contributed by atoms with E-state index in [1.54, 1.807) is 31.2 Å². The van der Waals surface area contributed by atoms with Crippen LogP contribution in [0.5, 0.6) is 11.5 Å². The third-order valence-corrected chi connectivity index (χ3v) is 2.88. The van der Waals surface area contributed by atoms with Crippen LogP contribution >= 0.6 is 0 Å². The average Bonchev–Trinajstić information content (AvgIpc) is 2.49. The van der Waals surface area contributed by atoms with E-state index in [-0.39, 0.29) is 23.7 Å². The molecule has 0 fully saturated rings. The smallest absolute Gasteiger partial charge is 0.310 e. The van der Waals surface area contributed by atoms with Crippen LogP contribution in [0.4, 0.5) is 4.39 Å². The Morgan fingerprint density at radius 2 is 2.05 bits per heavy atom. The maximum Gasteiger partial charge on any atom is 0.310 e. The quantitative estimate of drug-likeness (QED) is 0.605. The van der Waals surface area contributed by atoms with Crippen molar-refractivity contribution in [3.05, 3.63) is 59.4 Å². The maximum absolute atomic E-state index is 13.1. The van der Waals surface area contributed by atoms with Crippen LogP contribution in [-0.4, -0.2) is 18.9 Å². The molecule has 0 atom stereocenters. The summed E-state index contributed by atoms with van der Waals surface area (Å²) in [6.07, 6.45) is 0.663. The summed E-state index contributed by atoms with van der Waals surface area (Å²) in [5, 5.41) is 0. The summed E-state index contributed by atoms with van der Waals surface area (Å²) in [7, 11) is 0. The largest absolute Gasteiger partial charge is 0.466 e. The highest BCUT2D eigenvalue weighted by Crippen LogP contribution is 2.26. The van der Waals surface area contributed by atoms with Gasteiger partial charge in [-0.1, -0.05) is 12.1 Å². The molecule has 0 spiro atoms. The number of esters is 1. The minimum atomic E-state index is -0.509. The molecule has 2 aromatic carbocycles. The molecule has 0 unspecified atom stereocenters. The molecule has 0 heterocycles. The predicted molar refractivity (Wildman–Crippen MR) is 78.6 cm³/mol. The molecule has 0 saturated heterocycles. The first-order chi connectivity index (χ1) is 10.6. The van der Waals surface area contributed by atoms with E-state index in [2.05, 4.69) is 0 Å². The van der Waals surface area contributed by atoms with Crippen molar-refractivity contribution in [2.75, 3.05) is 6.61 Å². The summed E-state index contributed by atoms with van der Waals surface area (Å²) in [4.78, 5) is 22.4. The van der Waals surface area contributed by atoms with E-state index >= 15 is 0 Å². The first-order valence-corrected chi connectivity index (χ1v) is 6.79. The predicted octanol–water partition coefficient (Wildman–Crippen LogP) is 3.54. The van der Waals surface area contributed by atoms with Gasteiger partial charge in [0, 0.05) is 0 Å². The van der Waals surface area contributed by atoms with Gasteiger partial charge in [-0.3, -0.25) is 9.59 Å². The Kier molecular flexibility index (Phi) is 5.25. The van der Waals surface area contributed by atoms with Crippen molar-refractivity contribution in [1.82, 2.24) is 0 Å². The molecule has 2 rings (SSSR count). The molecule has 5 heteroatoms. The number of aldehydes is 1. The number of rotatable bonds is 6. The molecule has 0 N–H and O–H groups in total. The molecule has 22 heavy (non-hydrogen) atoms. The average molecular weight is 302 g/mol.